The van der Waals surface area contributed by atoms with E-state index in [1.807, 2.05) is 36.4 Å². The summed E-state index contributed by atoms with van der Waals surface area (Å²) in [6.07, 6.45) is 1.60. The third kappa shape index (κ3) is 5.96. The lowest BCUT2D eigenvalue weighted by Crippen LogP contribution is -2.25. The average Bonchev–Trinajstić information content (AvgIpc) is 3.37. The smallest absolute Gasteiger partial charge is 0.287 e. The molecule has 0 aliphatic carbocycles. The molecular weight excluding hydrogens is 466 g/mol. The monoisotopic (exact) mass is 490 g/mol. The highest BCUT2D eigenvalue weighted by molar-refractivity contribution is 5.98. The van der Waals surface area contributed by atoms with Gasteiger partial charge in [0.15, 0.2) is 5.76 Å². The second-order valence-electron chi connectivity index (χ2n) is 8.04. The van der Waals surface area contributed by atoms with E-state index in [2.05, 4.69) is 10.6 Å². The van der Waals surface area contributed by atoms with Crippen LogP contribution in [-0.4, -0.2) is 18.9 Å². The lowest BCUT2D eigenvalue weighted by molar-refractivity contribution is -0.120. The zero-order chi connectivity index (χ0) is 25.5. The topological polar surface area (TPSA) is 80.6 Å². The summed E-state index contributed by atoms with van der Waals surface area (Å²) in [4.78, 5) is 25.3. The Kier molecular flexibility index (Phi) is 7.75. The molecule has 1 heterocycles. The van der Waals surface area contributed by atoms with Crippen molar-refractivity contribution in [2.75, 3.05) is 7.11 Å². The van der Waals surface area contributed by atoms with E-state index in [-0.39, 0.29) is 36.7 Å². The summed E-state index contributed by atoms with van der Waals surface area (Å²) < 4.78 is 37.6. The minimum Gasteiger partial charge on any atom is -0.497 e. The van der Waals surface area contributed by atoms with Crippen LogP contribution in [-0.2, 0) is 24.3 Å². The Hall–Kier alpha value is -4.46. The van der Waals surface area contributed by atoms with E-state index < -0.39 is 17.5 Å². The van der Waals surface area contributed by atoms with Crippen LogP contribution in [0.1, 0.15) is 27.2 Å². The number of benzene rings is 3. The fourth-order valence-electron chi connectivity index (χ4n) is 3.74. The highest BCUT2D eigenvalue weighted by Gasteiger charge is 2.19. The molecule has 4 rings (SSSR count). The van der Waals surface area contributed by atoms with Crippen LogP contribution in [0.2, 0.25) is 0 Å². The van der Waals surface area contributed by atoms with Crippen molar-refractivity contribution in [2.24, 2.45) is 0 Å². The van der Waals surface area contributed by atoms with Crippen LogP contribution in [0.5, 0.6) is 5.75 Å². The Bertz CT molecular complexity index is 1370. The first-order valence-electron chi connectivity index (χ1n) is 11.2. The van der Waals surface area contributed by atoms with Crippen LogP contribution >= 0.6 is 0 Å². The van der Waals surface area contributed by atoms with Crippen LogP contribution in [0.4, 0.5) is 8.78 Å². The van der Waals surface area contributed by atoms with Gasteiger partial charge < -0.3 is 19.8 Å². The summed E-state index contributed by atoms with van der Waals surface area (Å²) in [6.45, 7) is 0.117. The quantitative estimate of drug-likeness (QED) is 0.345. The molecule has 8 heteroatoms. The lowest BCUT2D eigenvalue weighted by atomic mass is 9.99. The third-order valence-electron chi connectivity index (χ3n) is 5.63. The second-order valence-corrected chi connectivity index (χ2v) is 8.04. The number of methoxy groups -OCH3 is 1. The van der Waals surface area contributed by atoms with Gasteiger partial charge in [-0.1, -0.05) is 42.5 Å². The van der Waals surface area contributed by atoms with Crippen molar-refractivity contribution in [3.63, 3.8) is 0 Å². The van der Waals surface area contributed by atoms with Crippen molar-refractivity contribution < 1.29 is 27.5 Å². The molecule has 0 unspecified atom stereocenters. The van der Waals surface area contributed by atoms with Gasteiger partial charge in [0.05, 0.1) is 19.8 Å². The summed E-state index contributed by atoms with van der Waals surface area (Å²) >= 11 is 0. The van der Waals surface area contributed by atoms with Crippen LogP contribution in [0.15, 0.2) is 83.5 Å². The van der Waals surface area contributed by atoms with Crippen molar-refractivity contribution in [2.45, 2.75) is 19.5 Å². The van der Waals surface area contributed by atoms with Gasteiger partial charge in [-0.25, -0.2) is 8.78 Å². The molecule has 0 bridgehead atoms. The first-order chi connectivity index (χ1) is 17.4. The predicted octanol–water partition coefficient (Wildman–Crippen LogP) is 5.02. The number of hydrogen-bond donors (Lipinski definition) is 2. The Balaban J connectivity index is 1.43. The summed E-state index contributed by atoms with van der Waals surface area (Å²) in [5, 5.41) is 5.51. The van der Waals surface area contributed by atoms with E-state index in [4.69, 9.17) is 9.15 Å². The van der Waals surface area contributed by atoms with Gasteiger partial charge in [0.2, 0.25) is 5.91 Å². The molecule has 1 aromatic heterocycles. The average molecular weight is 491 g/mol. The van der Waals surface area contributed by atoms with Crippen molar-refractivity contribution in [1.29, 1.82) is 0 Å². The minimum atomic E-state index is -0.745. The van der Waals surface area contributed by atoms with Crippen molar-refractivity contribution >= 4 is 11.8 Å². The molecular formula is C28H24F2N2O4. The van der Waals surface area contributed by atoms with E-state index in [1.54, 1.807) is 25.3 Å². The van der Waals surface area contributed by atoms with E-state index in [1.165, 1.54) is 12.3 Å². The Morgan fingerprint density at radius 3 is 2.36 bits per heavy atom. The largest absolute Gasteiger partial charge is 0.497 e. The number of carbonyl (C=O) groups is 2. The molecule has 36 heavy (non-hydrogen) atoms. The van der Waals surface area contributed by atoms with Crippen LogP contribution in [0, 0.1) is 11.6 Å². The molecule has 0 spiro atoms. The molecule has 184 valence electrons. The zero-order valence-electron chi connectivity index (χ0n) is 19.5. The fourth-order valence-corrected chi connectivity index (χ4v) is 3.74. The Morgan fingerprint density at radius 2 is 1.61 bits per heavy atom. The van der Waals surface area contributed by atoms with Crippen LogP contribution < -0.4 is 15.4 Å². The first kappa shape index (κ1) is 24.7. The van der Waals surface area contributed by atoms with Gasteiger partial charge in [0.25, 0.3) is 5.91 Å². The lowest BCUT2D eigenvalue weighted by Gasteiger charge is -2.12. The highest BCUT2D eigenvalue weighted by atomic mass is 19.1. The number of amides is 2. The summed E-state index contributed by atoms with van der Waals surface area (Å²) in [5.41, 5.74) is 3.05. The van der Waals surface area contributed by atoms with Gasteiger partial charge in [-0.3, -0.25) is 9.59 Å². The SMILES string of the molecule is COc1ccc(CC(=O)NCc2ccccc2-c2ccoc2C(=O)NCc2ccc(F)cc2F)cc1. The Labute approximate surface area is 206 Å². The number of hydrogen-bond acceptors (Lipinski definition) is 4. The normalized spacial score (nSPS) is 10.6. The van der Waals surface area contributed by atoms with E-state index in [0.717, 1.165) is 29.0 Å². The van der Waals surface area contributed by atoms with E-state index in [0.29, 0.717) is 11.1 Å². The molecule has 4 aromatic rings. The van der Waals surface area contributed by atoms with Crippen molar-refractivity contribution in [1.82, 2.24) is 10.6 Å². The van der Waals surface area contributed by atoms with E-state index >= 15 is 0 Å². The number of halogens is 2. The molecule has 0 saturated heterocycles. The maximum Gasteiger partial charge on any atom is 0.287 e. The molecule has 2 N–H and O–H groups in total. The van der Waals surface area contributed by atoms with Crippen molar-refractivity contribution in [3.8, 4) is 16.9 Å². The molecule has 6 nitrogen and oxygen atoms in total. The molecule has 2 amide bonds. The Morgan fingerprint density at radius 1 is 0.861 bits per heavy atom. The van der Waals surface area contributed by atoms with Crippen LogP contribution in [0.25, 0.3) is 11.1 Å². The van der Waals surface area contributed by atoms with Crippen molar-refractivity contribution in [3.05, 3.63) is 113 Å². The number of ether oxygens (including phenoxy) is 1. The predicted molar refractivity (Wildman–Crippen MR) is 130 cm³/mol. The van der Waals surface area contributed by atoms with Gasteiger partial charge in [-0.05, 0) is 41.0 Å². The number of furan rings is 1. The molecule has 0 saturated carbocycles. The second kappa shape index (κ2) is 11.3. The standard InChI is InChI=1S/C28H24F2N2O4/c1-35-22-10-6-18(7-11-22)14-26(33)31-16-19-4-2-3-5-23(19)24-12-13-36-27(24)28(34)32-17-20-8-9-21(29)15-25(20)30/h2-13,15H,14,16-17H2,1H3,(H,31,33)(H,32,34). The van der Waals surface area contributed by atoms with Gasteiger partial charge in [-0.2, -0.15) is 0 Å². The minimum absolute atomic E-state index is 0.0505. The molecule has 0 radical (unpaired) electrons. The van der Waals surface area contributed by atoms with Gasteiger partial charge in [-0.15, -0.1) is 0 Å². The highest BCUT2D eigenvalue weighted by Crippen LogP contribution is 2.28. The van der Waals surface area contributed by atoms with Gasteiger partial charge in [0.1, 0.15) is 17.4 Å². The summed E-state index contributed by atoms with van der Waals surface area (Å²) in [6, 6.07) is 19.4. The van der Waals surface area contributed by atoms with Gasteiger partial charge in [0, 0.05) is 30.3 Å². The number of carbonyl (C=O) groups excluding carboxylic acids is 2. The number of rotatable bonds is 9. The maximum atomic E-state index is 13.9. The molecule has 0 aliphatic rings. The third-order valence-corrected chi connectivity index (χ3v) is 5.63. The number of nitrogens with one attached hydrogen (secondary N) is 2. The van der Waals surface area contributed by atoms with E-state index in [9.17, 15) is 18.4 Å². The maximum absolute atomic E-state index is 13.9. The molecule has 0 fully saturated rings. The first-order valence-corrected chi connectivity index (χ1v) is 11.2. The fraction of sp³-hybridized carbons (Fsp3) is 0.143. The van der Waals surface area contributed by atoms with Crippen LogP contribution in [0.3, 0.4) is 0 Å². The summed E-state index contributed by atoms with van der Waals surface area (Å²) in [5.74, 6) is -1.36. The molecule has 0 aliphatic heterocycles. The molecule has 3 aromatic carbocycles. The zero-order valence-corrected chi connectivity index (χ0v) is 19.5. The molecule has 0 atom stereocenters. The summed E-state index contributed by atoms with van der Waals surface area (Å²) in [7, 11) is 1.58. The van der Waals surface area contributed by atoms with Gasteiger partial charge >= 0.3 is 0 Å².